The van der Waals surface area contributed by atoms with Gasteiger partial charge < -0.3 is 9.74 Å². The molecule has 0 N–H and O–H groups in total. The summed E-state index contributed by atoms with van der Waals surface area (Å²) in [6.07, 6.45) is 0. The molecule has 1 fully saturated rings. The number of anilines is 1. The van der Waals surface area contributed by atoms with E-state index in [1.807, 2.05) is 17.0 Å². The maximum Gasteiger partial charge on any atom is 0.339 e. The molecule has 2 aliphatic heterocycles. The fourth-order valence-corrected chi connectivity index (χ4v) is 3.08. The first-order valence-electron chi connectivity index (χ1n) is 8.04. The van der Waals surface area contributed by atoms with Crippen LogP contribution < -0.4 is 4.90 Å². The summed E-state index contributed by atoms with van der Waals surface area (Å²) in [4.78, 5) is 43.7. The summed E-state index contributed by atoms with van der Waals surface area (Å²) in [6.45, 7) is 0.724. The average Bonchev–Trinajstić information content (AvgIpc) is 2.86. The summed E-state index contributed by atoms with van der Waals surface area (Å²) in [5, 5.41) is 9.67. The number of amides is 2. The Labute approximate surface area is 148 Å². The predicted octanol–water partition coefficient (Wildman–Crippen LogP) is 1.75. The maximum atomic E-state index is 12.3. The van der Waals surface area contributed by atoms with Gasteiger partial charge in [-0.1, -0.05) is 29.3 Å². The van der Waals surface area contributed by atoms with Gasteiger partial charge in [0.25, 0.3) is 11.8 Å². The zero-order valence-electron chi connectivity index (χ0n) is 13.6. The van der Waals surface area contributed by atoms with Gasteiger partial charge >= 0.3 is 5.97 Å². The summed E-state index contributed by atoms with van der Waals surface area (Å²) >= 11 is 0. The number of fused-ring (bicyclic) bond motifs is 1. The van der Waals surface area contributed by atoms with Crippen molar-refractivity contribution in [2.24, 2.45) is 5.92 Å². The van der Waals surface area contributed by atoms with E-state index in [0.717, 1.165) is 5.69 Å². The molecule has 7 heteroatoms. The molecule has 0 bridgehead atoms. The summed E-state index contributed by atoms with van der Waals surface area (Å²) in [7, 11) is 0. The maximum absolute atomic E-state index is 12.3. The standard InChI is InChI=1S/C19H13N3O4/c20-9-12-5-1-4-8-16(12)21-10-13(11-21)19(25)26-22-17(23)14-6-2-3-7-15(14)18(22)24/h1-8,13H,10-11H2. The lowest BCUT2D eigenvalue weighted by Gasteiger charge is -2.39. The Kier molecular flexibility index (Phi) is 3.66. The number of rotatable bonds is 3. The highest BCUT2D eigenvalue weighted by atomic mass is 16.7. The summed E-state index contributed by atoms with van der Waals surface area (Å²) in [5.74, 6) is -2.37. The molecule has 4 rings (SSSR count). The van der Waals surface area contributed by atoms with E-state index >= 15 is 0 Å². The van der Waals surface area contributed by atoms with Crippen molar-refractivity contribution in [1.29, 1.82) is 5.26 Å². The molecule has 0 atom stereocenters. The zero-order chi connectivity index (χ0) is 18.3. The Morgan fingerprint density at radius 2 is 1.58 bits per heavy atom. The van der Waals surface area contributed by atoms with E-state index in [1.54, 1.807) is 24.3 Å². The first kappa shape index (κ1) is 15.8. The number of hydrogen-bond acceptors (Lipinski definition) is 6. The third kappa shape index (κ3) is 2.40. The monoisotopic (exact) mass is 347 g/mol. The third-order valence-electron chi connectivity index (χ3n) is 4.52. The van der Waals surface area contributed by atoms with E-state index < -0.39 is 23.7 Å². The van der Waals surface area contributed by atoms with Crippen molar-refractivity contribution in [3.8, 4) is 6.07 Å². The van der Waals surface area contributed by atoms with Crippen molar-refractivity contribution in [2.45, 2.75) is 0 Å². The van der Waals surface area contributed by atoms with Gasteiger partial charge in [-0.05, 0) is 24.3 Å². The van der Waals surface area contributed by atoms with Crippen LogP contribution in [-0.2, 0) is 9.63 Å². The lowest BCUT2D eigenvalue weighted by Crippen LogP contribution is -2.52. The van der Waals surface area contributed by atoms with Crippen LogP contribution in [0.1, 0.15) is 26.3 Å². The molecule has 0 unspecified atom stereocenters. The number of carbonyl (C=O) groups is 3. The second-order valence-electron chi connectivity index (χ2n) is 6.09. The largest absolute Gasteiger partial charge is 0.369 e. The molecule has 0 spiro atoms. The Hall–Kier alpha value is -3.66. The Morgan fingerprint density at radius 3 is 2.19 bits per heavy atom. The van der Waals surface area contributed by atoms with Crippen LogP contribution in [0.25, 0.3) is 0 Å². The Morgan fingerprint density at radius 1 is 1.00 bits per heavy atom. The van der Waals surface area contributed by atoms with Crippen LogP contribution in [0.3, 0.4) is 0 Å². The fraction of sp³-hybridized carbons (Fsp3) is 0.158. The van der Waals surface area contributed by atoms with Gasteiger partial charge in [-0.25, -0.2) is 4.79 Å². The Bertz CT molecular complexity index is 938. The van der Waals surface area contributed by atoms with E-state index in [9.17, 15) is 14.4 Å². The Balaban J connectivity index is 1.41. The van der Waals surface area contributed by atoms with Crippen LogP contribution in [0.15, 0.2) is 48.5 Å². The highest BCUT2D eigenvalue weighted by molar-refractivity contribution is 6.20. The molecule has 2 aromatic carbocycles. The van der Waals surface area contributed by atoms with E-state index in [2.05, 4.69) is 6.07 Å². The molecule has 2 amide bonds. The lowest BCUT2D eigenvalue weighted by atomic mass is 9.98. The van der Waals surface area contributed by atoms with Crippen molar-refractivity contribution in [3.05, 3.63) is 65.2 Å². The number of nitrogens with zero attached hydrogens (tertiary/aromatic N) is 3. The van der Waals surface area contributed by atoms with Crippen LogP contribution in [-0.4, -0.2) is 35.9 Å². The number of hydrogen-bond donors (Lipinski definition) is 0. The minimum Gasteiger partial charge on any atom is -0.369 e. The van der Waals surface area contributed by atoms with E-state index in [4.69, 9.17) is 10.1 Å². The molecular weight excluding hydrogens is 334 g/mol. The fourth-order valence-electron chi connectivity index (χ4n) is 3.08. The van der Waals surface area contributed by atoms with Crippen LogP contribution in [0.2, 0.25) is 0 Å². The molecular formula is C19H13N3O4. The van der Waals surface area contributed by atoms with Crippen LogP contribution in [0, 0.1) is 17.2 Å². The van der Waals surface area contributed by atoms with Gasteiger partial charge in [0, 0.05) is 13.1 Å². The third-order valence-corrected chi connectivity index (χ3v) is 4.52. The SMILES string of the molecule is N#Cc1ccccc1N1CC(C(=O)ON2C(=O)c3ccccc3C2=O)C1. The topological polar surface area (TPSA) is 90.7 Å². The highest BCUT2D eigenvalue weighted by Gasteiger charge is 2.42. The molecule has 2 aromatic rings. The number of para-hydroxylation sites is 1. The number of benzene rings is 2. The van der Waals surface area contributed by atoms with Gasteiger partial charge in [0.05, 0.1) is 28.3 Å². The van der Waals surface area contributed by atoms with Gasteiger partial charge in [-0.3, -0.25) is 9.59 Å². The van der Waals surface area contributed by atoms with Gasteiger partial charge in [0.15, 0.2) is 0 Å². The molecule has 1 saturated heterocycles. The lowest BCUT2D eigenvalue weighted by molar-refractivity contribution is -0.174. The number of carbonyl (C=O) groups excluding carboxylic acids is 3. The smallest absolute Gasteiger partial charge is 0.339 e. The van der Waals surface area contributed by atoms with Crippen molar-refractivity contribution >= 4 is 23.5 Å². The average molecular weight is 347 g/mol. The molecule has 7 nitrogen and oxygen atoms in total. The minimum absolute atomic E-state index is 0.225. The molecule has 2 aliphatic rings. The summed E-state index contributed by atoms with van der Waals surface area (Å²) < 4.78 is 0. The number of imide groups is 1. The van der Waals surface area contributed by atoms with Crippen molar-refractivity contribution < 1.29 is 19.2 Å². The molecule has 0 radical (unpaired) electrons. The van der Waals surface area contributed by atoms with Gasteiger partial charge in [-0.2, -0.15) is 5.26 Å². The van der Waals surface area contributed by atoms with Gasteiger partial charge in [0.2, 0.25) is 0 Å². The van der Waals surface area contributed by atoms with Crippen molar-refractivity contribution in [2.75, 3.05) is 18.0 Å². The van der Waals surface area contributed by atoms with Crippen molar-refractivity contribution in [1.82, 2.24) is 5.06 Å². The van der Waals surface area contributed by atoms with Crippen LogP contribution >= 0.6 is 0 Å². The highest BCUT2D eigenvalue weighted by Crippen LogP contribution is 2.29. The molecule has 26 heavy (non-hydrogen) atoms. The van der Waals surface area contributed by atoms with E-state index in [1.165, 1.54) is 12.1 Å². The molecule has 128 valence electrons. The van der Waals surface area contributed by atoms with Gasteiger partial charge in [-0.15, -0.1) is 0 Å². The second-order valence-corrected chi connectivity index (χ2v) is 6.09. The van der Waals surface area contributed by atoms with E-state index in [-0.39, 0.29) is 11.1 Å². The second kappa shape index (κ2) is 6.01. The quantitative estimate of drug-likeness (QED) is 0.786. The number of hydroxylamine groups is 2. The van der Waals surface area contributed by atoms with Crippen LogP contribution in [0.5, 0.6) is 0 Å². The molecule has 0 saturated carbocycles. The molecule has 0 aliphatic carbocycles. The minimum atomic E-state index is -0.634. The van der Waals surface area contributed by atoms with E-state index in [0.29, 0.717) is 23.7 Å². The summed E-state index contributed by atoms with van der Waals surface area (Å²) in [5.41, 5.74) is 1.73. The molecule has 2 heterocycles. The first-order valence-corrected chi connectivity index (χ1v) is 8.04. The van der Waals surface area contributed by atoms with Crippen LogP contribution in [0.4, 0.5) is 5.69 Å². The molecule has 0 aromatic heterocycles. The first-order chi connectivity index (χ1) is 12.6. The van der Waals surface area contributed by atoms with Gasteiger partial charge in [0.1, 0.15) is 6.07 Å². The predicted molar refractivity (Wildman–Crippen MR) is 89.9 cm³/mol. The number of nitriles is 1. The normalized spacial score (nSPS) is 16.1. The van der Waals surface area contributed by atoms with Crippen molar-refractivity contribution in [3.63, 3.8) is 0 Å². The zero-order valence-corrected chi connectivity index (χ0v) is 13.6. The summed E-state index contributed by atoms with van der Waals surface area (Å²) in [6, 6.07) is 15.6.